The monoisotopic (exact) mass is 481 g/mol. The first-order valence-electron chi connectivity index (χ1n) is 11.1. The van der Waals surface area contributed by atoms with Crippen LogP contribution in [0, 0.1) is 12.8 Å². The molecule has 2 unspecified atom stereocenters. The highest BCUT2D eigenvalue weighted by Crippen LogP contribution is 2.38. The number of aliphatic hydroxyl groups is 1. The van der Waals surface area contributed by atoms with Gasteiger partial charge in [0, 0.05) is 24.6 Å². The molecule has 0 aliphatic carbocycles. The van der Waals surface area contributed by atoms with Gasteiger partial charge in [-0.3, -0.25) is 0 Å². The van der Waals surface area contributed by atoms with Gasteiger partial charge in [-0.25, -0.2) is 4.79 Å². The lowest BCUT2D eigenvalue weighted by atomic mass is 9.90. The fourth-order valence-electron chi connectivity index (χ4n) is 3.98. The number of aryl methyl sites for hydroxylation is 1. The van der Waals surface area contributed by atoms with Crippen LogP contribution in [-0.4, -0.2) is 52.1 Å². The first kappa shape index (κ1) is 25.7. The fourth-order valence-corrected chi connectivity index (χ4v) is 3.98. The Morgan fingerprint density at radius 3 is 2.50 bits per heavy atom. The lowest BCUT2D eigenvalue weighted by Gasteiger charge is -2.35. The summed E-state index contributed by atoms with van der Waals surface area (Å²) in [5, 5.41) is 19.3. The highest BCUT2D eigenvalue weighted by molar-refractivity contribution is 5.70. The third-order valence-electron chi connectivity index (χ3n) is 5.65. The van der Waals surface area contributed by atoms with Gasteiger partial charge in [-0.1, -0.05) is 0 Å². The smallest absolute Gasteiger partial charge is 0.416 e. The molecule has 2 heterocycles. The number of halogens is 3. The maximum atomic E-state index is 13.1. The number of likely N-dealkylation sites (tertiary alicyclic amines) is 1. The normalized spacial score (nSPS) is 17.9. The van der Waals surface area contributed by atoms with Crippen LogP contribution in [0.4, 0.5) is 18.0 Å². The molecule has 0 bridgehead atoms. The van der Waals surface area contributed by atoms with Crippen LogP contribution in [0.3, 0.4) is 0 Å². The first-order valence-corrected chi connectivity index (χ1v) is 11.1. The maximum absolute atomic E-state index is 13.1. The van der Waals surface area contributed by atoms with Gasteiger partial charge in [-0.05, 0) is 70.4 Å². The number of nitrogens with zero attached hydrogens (tertiary/aromatic N) is 3. The Labute approximate surface area is 196 Å². The van der Waals surface area contributed by atoms with Crippen molar-refractivity contribution in [1.29, 1.82) is 0 Å². The number of hydrogen-bond acceptors (Lipinski definition) is 6. The summed E-state index contributed by atoms with van der Waals surface area (Å²) in [5.74, 6) is -0.220. The van der Waals surface area contributed by atoms with Gasteiger partial charge in [0.15, 0.2) is 0 Å². The van der Waals surface area contributed by atoms with Gasteiger partial charge in [0.05, 0.1) is 24.1 Å². The first-order chi connectivity index (χ1) is 15.8. The van der Waals surface area contributed by atoms with Crippen molar-refractivity contribution < 1.29 is 32.5 Å². The Bertz CT molecular complexity index is 1040. The second-order valence-electron chi connectivity index (χ2n) is 9.49. The molecule has 186 valence electrons. The van der Waals surface area contributed by atoms with Crippen molar-refractivity contribution in [3.63, 3.8) is 0 Å². The van der Waals surface area contributed by atoms with Crippen LogP contribution in [0.5, 0.6) is 5.75 Å². The van der Waals surface area contributed by atoms with E-state index in [4.69, 9.17) is 9.47 Å². The van der Waals surface area contributed by atoms with E-state index in [-0.39, 0.29) is 11.7 Å². The van der Waals surface area contributed by atoms with Crippen LogP contribution in [0.2, 0.25) is 0 Å². The molecule has 0 saturated carbocycles. The van der Waals surface area contributed by atoms with Crippen molar-refractivity contribution in [1.82, 2.24) is 15.1 Å². The maximum Gasteiger partial charge on any atom is 0.416 e. The quantitative estimate of drug-likeness (QED) is 0.649. The summed E-state index contributed by atoms with van der Waals surface area (Å²) in [5.41, 5.74) is 0.263. The van der Waals surface area contributed by atoms with Crippen molar-refractivity contribution in [2.45, 2.75) is 58.4 Å². The summed E-state index contributed by atoms with van der Waals surface area (Å²) in [4.78, 5) is 14.0. The van der Waals surface area contributed by atoms with Crippen LogP contribution in [-0.2, 0) is 10.9 Å². The van der Waals surface area contributed by atoms with E-state index in [0.29, 0.717) is 48.4 Å². The standard InChI is InChI=1S/C24H30F3N3O4/c1-14-11-18(21(31)15-7-6-10-30(13-15)22(32)34-23(2,3)4)28-29-20(14)17-9-8-16(24(25,26)27)12-19(17)33-5/h8-9,11-12,15,21,31H,6-7,10,13H2,1-5H3. The number of piperidine rings is 1. The van der Waals surface area contributed by atoms with Gasteiger partial charge in [0.1, 0.15) is 17.5 Å². The number of alkyl halides is 3. The number of carbonyl (C=O) groups is 1. The number of hydrogen-bond donors (Lipinski definition) is 1. The second kappa shape index (κ2) is 9.77. The van der Waals surface area contributed by atoms with Crippen LogP contribution in [0.1, 0.15) is 56.5 Å². The predicted octanol–water partition coefficient (Wildman–Crippen LogP) is 5.16. The van der Waals surface area contributed by atoms with E-state index >= 15 is 0 Å². The molecule has 34 heavy (non-hydrogen) atoms. The number of aliphatic hydroxyl groups excluding tert-OH is 1. The number of amides is 1. The van der Waals surface area contributed by atoms with E-state index in [0.717, 1.165) is 12.1 Å². The lowest BCUT2D eigenvalue weighted by molar-refractivity contribution is -0.137. The molecule has 1 aromatic carbocycles. The molecule has 1 N–H and O–H groups in total. The summed E-state index contributed by atoms with van der Waals surface area (Å²) >= 11 is 0. The zero-order chi connectivity index (χ0) is 25.3. The van der Waals surface area contributed by atoms with Gasteiger partial charge in [0.25, 0.3) is 0 Å². The van der Waals surface area contributed by atoms with Gasteiger partial charge >= 0.3 is 12.3 Å². The third kappa shape index (κ3) is 5.97. The summed E-state index contributed by atoms with van der Waals surface area (Å²) in [6.45, 7) is 8.01. The molecule has 0 radical (unpaired) electrons. The summed E-state index contributed by atoms with van der Waals surface area (Å²) in [6.07, 6.45) is -4.45. The average Bonchev–Trinajstić information content (AvgIpc) is 2.76. The van der Waals surface area contributed by atoms with Crippen LogP contribution < -0.4 is 4.74 Å². The molecule has 10 heteroatoms. The van der Waals surface area contributed by atoms with Crippen LogP contribution >= 0.6 is 0 Å². The topological polar surface area (TPSA) is 84.8 Å². The molecular weight excluding hydrogens is 451 g/mol. The number of aromatic nitrogens is 2. The van der Waals surface area contributed by atoms with E-state index < -0.39 is 29.5 Å². The molecule has 1 aliphatic rings. The molecule has 1 aliphatic heterocycles. The molecule has 1 aromatic heterocycles. The van der Waals surface area contributed by atoms with Gasteiger partial charge in [0.2, 0.25) is 0 Å². The lowest BCUT2D eigenvalue weighted by Crippen LogP contribution is -2.44. The molecule has 1 saturated heterocycles. The minimum Gasteiger partial charge on any atom is -0.496 e. The largest absolute Gasteiger partial charge is 0.496 e. The van der Waals surface area contributed by atoms with E-state index in [1.165, 1.54) is 13.2 Å². The molecule has 3 rings (SSSR count). The number of carbonyl (C=O) groups excluding carboxylic acids is 1. The number of rotatable bonds is 4. The number of methoxy groups -OCH3 is 1. The van der Waals surface area contributed by atoms with Crippen LogP contribution in [0.15, 0.2) is 24.3 Å². The van der Waals surface area contributed by atoms with Gasteiger partial charge in [-0.2, -0.15) is 18.3 Å². The van der Waals surface area contributed by atoms with Crippen molar-refractivity contribution in [3.8, 4) is 17.0 Å². The minimum atomic E-state index is -4.49. The Balaban J connectivity index is 1.80. The molecule has 7 nitrogen and oxygen atoms in total. The average molecular weight is 482 g/mol. The fraction of sp³-hybridized carbons (Fsp3) is 0.542. The van der Waals surface area contributed by atoms with Crippen LogP contribution in [0.25, 0.3) is 11.3 Å². The molecule has 0 spiro atoms. The Morgan fingerprint density at radius 2 is 1.91 bits per heavy atom. The molecule has 2 aromatic rings. The Hall–Kier alpha value is -2.88. The number of ether oxygens (including phenoxy) is 2. The zero-order valence-electron chi connectivity index (χ0n) is 19.9. The second-order valence-corrected chi connectivity index (χ2v) is 9.49. The van der Waals surface area contributed by atoms with E-state index in [1.807, 2.05) is 0 Å². The minimum absolute atomic E-state index is 0.0285. The number of benzene rings is 1. The molecular formula is C24H30F3N3O4. The van der Waals surface area contributed by atoms with Gasteiger partial charge < -0.3 is 19.5 Å². The Kier molecular flexibility index (Phi) is 7.40. The van der Waals surface area contributed by atoms with Crippen molar-refractivity contribution in [2.75, 3.05) is 20.2 Å². The third-order valence-corrected chi connectivity index (χ3v) is 5.65. The van der Waals surface area contributed by atoms with Crippen molar-refractivity contribution >= 4 is 6.09 Å². The van der Waals surface area contributed by atoms with Gasteiger partial charge in [-0.15, -0.1) is 5.10 Å². The van der Waals surface area contributed by atoms with E-state index in [2.05, 4.69) is 10.2 Å². The summed E-state index contributed by atoms with van der Waals surface area (Å²) < 4.78 is 49.8. The highest BCUT2D eigenvalue weighted by Gasteiger charge is 2.33. The Morgan fingerprint density at radius 1 is 1.21 bits per heavy atom. The van der Waals surface area contributed by atoms with E-state index in [1.54, 1.807) is 38.7 Å². The molecule has 1 fully saturated rings. The SMILES string of the molecule is COc1cc(C(F)(F)F)ccc1-c1nnc(C(O)C2CCCN(C(=O)OC(C)(C)C)C2)cc1C. The van der Waals surface area contributed by atoms with Crippen molar-refractivity contribution in [3.05, 3.63) is 41.1 Å². The molecule has 2 atom stereocenters. The summed E-state index contributed by atoms with van der Waals surface area (Å²) in [6, 6.07) is 4.85. The molecule has 1 amide bonds. The summed E-state index contributed by atoms with van der Waals surface area (Å²) in [7, 11) is 1.29. The predicted molar refractivity (Wildman–Crippen MR) is 119 cm³/mol. The highest BCUT2D eigenvalue weighted by atomic mass is 19.4. The zero-order valence-corrected chi connectivity index (χ0v) is 19.9. The van der Waals surface area contributed by atoms with E-state index in [9.17, 15) is 23.1 Å². The van der Waals surface area contributed by atoms with Crippen molar-refractivity contribution in [2.24, 2.45) is 5.92 Å².